The van der Waals surface area contributed by atoms with Gasteiger partial charge in [0.15, 0.2) is 0 Å². The molecule has 8 heteroatoms. The van der Waals surface area contributed by atoms with Gasteiger partial charge in [0.2, 0.25) is 0 Å². The van der Waals surface area contributed by atoms with Gasteiger partial charge in [0.25, 0.3) is 0 Å². The van der Waals surface area contributed by atoms with Crippen LogP contribution >= 0.6 is 0 Å². The molecule has 0 saturated carbocycles. The number of alkyl halides is 3. The normalized spacial score (nSPS) is 11.4. The minimum Gasteiger partial charge on any atom is -0.494 e. The first-order chi connectivity index (χ1) is 14.8. The maximum Gasteiger partial charge on any atom is 0.389 e. The van der Waals surface area contributed by atoms with Crippen molar-refractivity contribution in [3.63, 3.8) is 0 Å². The molecule has 0 spiro atoms. The van der Waals surface area contributed by atoms with Gasteiger partial charge in [0, 0.05) is 12.5 Å². The Morgan fingerprint density at radius 3 is 2.19 bits per heavy atom. The van der Waals surface area contributed by atoms with Gasteiger partial charge in [-0.3, -0.25) is 0 Å². The lowest BCUT2D eigenvalue weighted by atomic mass is 10.2. The molecule has 0 heterocycles. The van der Waals surface area contributed by atoms with Gasteiger partial charge in [-0.15, -0.1) is 0 Å². The van der Waals surface area contributed by atoms with Crippen LogP contribution in [0.15, 0.2) is 54.6 Å². The average Bonchev–Trinajstić information content (AvgIpc) is 2.74. The fourth-order valence-electron chi connectivity index (χ4n) is 2.35. The van der Waals surface area contributed by atoms with E-state index in [1.54, 1.807) is 30.3 Å². The average molecular weight is 435 g/mol. The summed E-state index contributed by atoms with van der Waals surface area (Å²) in [5, 5.41) is 0. The molecule has 0 aliphatic heterocycles. The van der Waals surface area contributed by atoms with E-state index in [1.807, 2.05) is 0 Å². The molecule has 2 aromatic carbocycles. The van der Waals surface area contributed by atoms with E-state index in [-0.39, 0.29) is 25.2 Å². The first kappa shape index (κ1) is 24.0. The molecule has 0 N–H and O–H groups in total. The van der Waals surface area contributed by atoms with E-state index in [0.29, 0.717) is 17.9 Å². The number of hydrogen-bond acceptors (Lipinski definition) is 5. The standard InChI is InChI=1S/C23H22F3O5/c1-2-15-30-21(27)13-6-17-4-9-20(10-5-17)31-22(28)18-7-11-19(12-8-18)29-16-3-14-23(24,25)26/h4-13H,1-3,14-16H2/b13-6+. The third kappa shape index (κ3) is 9.37. The zero-order valence-corrected chi connectivity index (χ0v) is 16.7. The van der Waals surface area contributed by atoms with Crippen LogP contribution in [-0.4, -0.2) is 31.3 Å². The highest BCUT2D eigenvalue weighted by molar-refractivity contribution is 5.91. The lowest BCUT2D eigenvalue weighted by Crippen LogP contribution is -2.10. The molecule has 0 bridgehead atoms. The largest absolute Gasteiger partial charge is 0.494 e. The molecule has 31 heavy (non-hydrogen) atoms. The number of carbonyl (C=O) groups is 2. The second-order valence-corrected chi connectivity index (χ2v) is 6.40. The number of ether oxygens (including phenoxy) is 3. The Balaban J connectivity index is 1.83. The molecule has 2 aromatic rings. The number of hydrogen-bond donors (Lipinski definition) is 0. The zero-order chi connectivity index (χ0) is 22.7. The van der Waals surface area contributed by atoms with Crippen LogP contribution in [-0.2, 0) is 9.53 Å². The summed E-state index contributed by atoms with van der Waals surface area (Å²) >= 11 is 0. The molecular weight excluding hydrogens is 413 g/mol. The molecule has 1 radical (unpaired) electrons. The van der Waals surface area contributed by atoms with Gasteiger partial charge in [-0.1, -0.05) is 12.1 Å². The van der Waals surface area contributed by atoms with Gasteiger partial charge in [-0.05, 0) is 67.8 Å². The molecule has 5 nitrogen and oxygen atoms in total. The summed E-state index contributed by atoms with van der Waals surface area (Å²) in [6.45, 7) is 3.76. The lowest BCUT2D eigenvalue weighted by molar-refractivity contribution is -0.138. The Morgan fingerprint density at radius 2 is 1.58 bits per heavy atom. The molecule has 2 rings (SSSR count). The summed E-state index contributed by atoms with van der Waals surface area (Å²) < 4.78 is 51.7. The Morgan fingerprint density at radius 1 is 0.935 bits per heavy atom. The van der Waals surface area contributed by atoms with Crippen LogP contribution < -0.4 is 9.47 Å². The van der Waals surface area contributed by atoms with Crippen molar-refractivity contribution < 1.29 is 37.0 Å². The van der Waals surface area contributed by atoms with E-state index in [0.717, 1.165) is 5.56 Å². The molecule has 0 amide bonds. The minimum absolute atomic E-state index is 0.0718. The predicted molar refractivity (Wildman–Crippen MR) is 109 cm³/mol. The second kappa shape index (κ2) is 11.8. The lowest BCUT2D eigenvalue weighted by Gasteiger charge is -2.09. The van der Waals surface area contributed by atoms with Crippen LogP contribution in [0.4, 0.5) is 13.2 Å². The highest BCUT2D eigenvalue weighted by atomic mass is 19.4. The smallest absolute Gasteiger partial charge is 0.389 e. The molecule has 0 aromatic heterocycles. The fourth-order valence-corrected chi connectivity index (χ4v) is 2.35. The van der Waals surface area contributed by atoms with Gasteiger partial charge < -0.3 is 14.2 Å². The Hall–Kier alpha value is -3.29. The van der Waals surface area contributed by atoms with Crippen LogP contribution in [0, 0.1) is 6.92 Å². The Labute approximate surface area is 178 Å². The van der Waals surface area contributed by atoms with Gasteiger partial charge in [0.05, 0.1) is 18.8 Å². The molecule has 0 fully saturated rings. The van der Waals surface area contributed by atoms with E-state index in [4.69, 9.17) is 14.2 Å². The molecule has 0 unspecified atom stereocenters. The van der Waals surface area contributed by atoms with Crippen molar-refractivity contribution in [1.82, 2.24) is 0 Å². The Kier molecular flexibility index (Phi) is 9.12. The first-order valence-electron chi connectivity index (χ1n) is 9.53. The summed E-state index contributed by atoms with van der Waals surface area (Å²) in [6, 6.07) is 12.4. The van der Waals surface area contributed by atoms with Crippen LogP contribution in [0.1, 0.15) is 35.2 Å². The van der Waals surface area contributed by atoms with Gasteiger partial charge in [-0.2, -0.15) is 13.2 Å². The van der Waals surface area contributed by atoms with Crippen molar-refractivity contribution in [3.05, 3.63) is 72.7 Å². The second-order valence-electron chi connectivity index (χ2n) is 6.40. The quantitative estimate of drug-likeness (QED) is 0.216. The van der Waals surface area contributed by atoms with E-state index >= 15 is 0 Å². The molecular formula is C23H22F3O5. The van der Waals surface area contributed by atoms with Gasteiger partial charge in [0.1, 0.15) is 11.5 Å². The first-order valence-corrected chi connectivity index (χ1v) is 9.53. The van der Waals surface area contributed by atoms with E-state index < -0.39 is 24.5 Å². The summed E-state index contributed by atoms with van der Waals surface area (Å²) in [4.78, 5) is 23.6. The van der Waals surface area contributed by atoms with Crippen LogP contribution in [0.2, 0.25) is 0 Å². The highest BCUT2D eigenvalue weighted by Crippen LogP contribution is 2.22. The van der Waals surface area contributed by atoms with Gasteiger partial charge in [-0.25, -0.2) is 9.59 Å². The monoisotopic (exact) mass is 435 g/mol. The number of carbonyl (C=O) groups excluding carboxylic acids is 2. The van der Waals surface area contributed by atoms with Crippen LogP contribution in [0.5, 0.6) is 11.5 Å². The summed E-state index contributed by atoms with van der Waals surface area (Å²) in [5.74, 6) is -0.381. The molecule has 0 aliphatic rings. The third-order valence-electron chi connectivity index (χ3n) is 3.85. The van der Waals surface area contributed by atoms with E-state index in [1.165, 1.54) is 30.3 Å². The number of rotatable bonds is 10. The molecule has 0 saturated heterocycles. The SMILES string of the molecule is [CH2]CCOC(=O)/C=C/c1ccc(OC(=O)c2ccc(OCCCC(F)(F)F)cc2)cc1. The van der Waals surface area contributed by atoms with Crippen molar-refractivity contribution in [2.24, 2.45) is 0 Å². The van der Waals surface area contributed by atoms with Crippen molar-refractivity contribution in [2.45, 2.75) is 25.4 Å². The summed E-state index contributed by atoms with van der Waals surface area (Å²) in [6.07, 6.45) is -1.89. The van der Waals surface area contributed by atoms with Crippen molar-refractivity contribution in [1.29, 1.82) is 0 Å². The maximum atomic E-state index is 12.2. The number of benzene rings is 2. The zero-order valence-electron chi connectivity index (χ0n) is 16.7. The number of halogens is 3. The summed E-state index contributed by atoms with van der Waals surface area (Å²) in [7, 11) is 0. The maximum absolute atomic E-state index is 12.2. The van der Waals surface area contributed by atoms with Gasteiger partial charge >= 0.3 is 18.1 Å². The fraction of sp³-hybridized carbons (Fsp3) is 0.261. The molecule has 0 atom stereocenters. The number of esters is 2. The van der Waals surface area contributed by atoms with Crippen molar-refractivity contribution in [3.8, 4) is 11.5 Å². The topological polar surface area (TPSA) is 61.8 Å². The Bertz CT molecular complexity index is 872. The van der Waals surface area contributed by atoms with Crippen LogP contribution in [0.3, 0.4) is 0 Å². The summed E-state index contributed by atoms with van der Waals surface area (Å²) in [5.41, 5.74) is 0.984. The minimum atomic E-state index is -4.20. The van der Waals surface area contributed by atoms with E-state index in [9.17, 15) is 22.8 Å². The highest BCUT2D eigenvalue weighted by Gasteiger charge is 2.26. The van der Waals surface area contributed by atoms with Crippen molar-refractivity contribution >= 4 is 18.0 Å². The third-order valence-corrected chi connectivity index (χ3v) is 3.85. The molecule has 0 aliphatic carbocycles. The predicted octanol–water partition coefficient (Wildman–Crippen LogP) is 5.41. The van der Waals surface area contributed by atoms with E-state index in [2.05, 4.69) is 6.92 Å². The molecule has 165 valence electrons. The van der Waals surface area contributed by atoms with Crippen LogP contribution in [0.25, 0.3) is 6.08 Å². The van der Waals surface area contributed by atoms with Crippen molar-refractivity contribution in [2.75, 3.05) is 13.2 Å².